The van der Waals surface area contributed by atoms with E-state index in [1.54, 1.807) is 6.07 Å². The first-order chi connectivity index (χ1) is 14.3. The molecule has 3 nitrogen and oxygen atoms in total. The molecule has 0 aromatic heterocycles. The summed E-state index contributed by atoms with van der Waals surface area (Å²) in [5.41, 5.74) is 3.37. The Kier molecular flexibility index (Phi) is 6.60. The second kappa shape index (κ2) is 9.73. The topological polar surface area (TPSA) is 32.7 Å². The van der Waals surface area contributed by atoms with Crippen LogP contribution in [0.5, 0.6) is 5.75 Å². The summed E-state index contributed by atoms with van der Waals surface area (Å²) in [6.07, 6.45) is 4.26. The summed E-state index contributed by atoms with van der Waals surface area (Å²) in [7, 11) is 0. The normalized spacial score (nSPS) is 17.5. The minimum atomic E-state index is -0.0758. The second-order valence-corrected chi connectivity index (χ2v) is 7.70. The largest absolute Gasteiger partial charge is 0.508 e. The third kappa shape index (κ3) is 5.06. The number of phenols is 1. The molecule has 0 saturated carbocycles. The Labute approximate surface area is 173 Å². The highest BCUT2D eigenvalue weighted by Crippen LogP contribution is 2.31. The third-order valence-corrected chi connectivity index (χ3v) is 5.71. The molecule has 1 aliphatic heterocycles. The molecule has 3 heteroatoms. The molecule has 3 aromatic carbocycles. The highest BCUT2D eigenvalue weighted by molar-refractivity contribution is 5.32. The van der Waals surface area contributed by atoms with Crippen LogP contribution in [0.15, 0.2) is 84.9 Å². The highest BCUT2D eigenvalue weighted by Gasteiger charge is 2.27. The molecular weight excluding hydrogens is 358 g/mol. The van der Waals surface area contributed by atoms with Crippen LogP contribution in [0.1, 0.15) is 42.1 Å². The van der Waals surface area contributed by atoms with Gasteiger partial charge in [-0.3, -0.25) is 4.90 Å². The molecule has 1 saturated heterocycles. The number of hydrogen-bond donors (Lipinski definition) is 1. The van der Waals surface area contributed by atoms with Crippen LogP contribution in [-0.4, -0.2) is 29.3 Å². The molecule has 0 amide bonds. The van der Waals surface area contributed by atoms with Gasteiger partial charge in [0.25, 0.3) is 0 Å². The van der Waals surface area contributed by atoms with Crippen LogP contribution in [0.4, 0.5) is 0 Å². The molecule has 1 aliphatic rings. The Morgan fingerprint density at radius 1 is 0.828 bits per heavy atom. The lowest BCUT2D eigenvalue weighted by atomic mass is 10.0. The molecule has 0 bridgehead atoms. The van der Waals surface area contributed by atoms with Crippen LogP contribution >= 0.6 is 0 Å². The van der Waals surface area contributed by atoms with Crippen LogP contribution in [0, 0.1) is 0 Å². The Hall–Kier alpha value is -2.62. The summed E-state index contributed by atoms with van der Waals surface area (Å²) in [5.74, 6) is 0.383. The minimum Gasteiger partial charge on any atom is -0.508 e. The van der Waals surface area contributed by atoms with Crippen molar-refractivity contribution in [1.29, 1.82) is 0 Å². The zero-order valence-corrected chi connectivity index (χ0v) is 16.8. The number of nitrogens with zero attached hydrogens (tertiary/aromatic N) is 1. The maximum absolute atomic E-state index is 10.1. The molecule has 3 aromatic rings. The zero-order chi connectivity index (χ0) is 19.9. The maximum atomic E-state index is 10.1. The highest BCUT2D eigenvalue weighted by atomic mass is 16.5. The van der Waals surface area contributed by atoms with Gasteiger partial charge in [-0.05, 0) is 48.4 Å². The van der Waals surface area contributed by atoms with E-state index in [0.717, 1.165) is 31.5 Å². The number of ether oxygens (including phenoxy) is 1. The average molecular weight is 388 g/mol. The number of piperidine rings is 1. The molecule has 29 heavy (non-hydrogen) atoms. The van der Waals surface area contributed by atoms with Gasteiger partial charge in [-0.25, -0.2) is 0 Å². The predicted octanol–water partition coefficient (Wildman–Crippen LogP) is 5.55. The summed E-state index contributed by atoms with van der Waals surface area (Å²) in [5, 5.41) is 10.1. The summed E-state index contributed by atoms with van der Waals surface area (Å²) >= 11 is 0. The molecule has 1 fully saturated rings. The number of hydrogen-bond acceptors (Lipinski definition) is 3. The zero-order valence-electron chi connectivity index (χ0n) is 16.8. The lowest BCUT2D eigenvalue weighted by molar-refractivity contribution is -0.105. The van der Waals surface area contributed by atoms with Crippen molar-refractivity contribution in [1.82, 2.24) is 4.90 Å². The molecule has 1 unspecified atom stereocenters. The lowest BCUT2D eigenvalue weighted by Gasteiger charge is -2.38. The van der Waals surface area contributed by atoms with Crippen LogP contribution in [-0.2, 0) is 11.2 Å². The predicted molar refractivity (Wildman–Crippen MR) is 117 cm³/mol. The van der Waals surface area contributed by atoms with Crippen molar-refractivity contribution in [3.63, 3.8) is 0 Å². The van der Waals surface area contributed by atoms with Crippen LogP contribution in [0.3, 0.4) is 0 Å². The smallest absolute Gasteiger partial charge is 0.118 e. The van der Waals surface area contributed by atoms with Crippen molar-refractivity contribution in [3.8, 4) is 5.75 Å². The van der Waals surface area contributed by atoms with E-state index in [1.165, 1.54) is 24.0 Å². The Balaban J connectivity index is 1.51. The van der Waals surface area contributed by atoms with Crippen molar-refractivity contribution in [3.05, 3.63) is 102 Å². The van der Waals surface area contributed by atoms with E-state index < -0.39 is 0 Å². The molecule has 0 spiro atoms. The number of para-hydroxylation sites is 1. The Morgan fingerprint density at radius 3 is 2.10 bits per heavy atom. The van der Waals surface area contributed by atoms with Crippen molar-refractivity contribution in [2.75, 3.05) is 13.1 Å². The maximum Gasteiger partial charge on any atom is 0.118 e. The Bertz CT molecular complexity index is 842. The van der Waals surface area contributed by atoms with Crippen LogP contribution in [0.2, 0.25) is 0 Å². The molecule has 1 atom stereocenters. The van der Waals surface area contributed by atoms with Gasteiger partial charge >= 0.3 is 0 Å². The third-order valence-electron chi connectivity index (χ3n) is 5.71. The van der Waals surface area contributed by atoms with E-state index in [9.17, 15) is 5.11 Å². The van der Waals surface area contributed by atoms with Crippen LogP contribution < -0.4 is 0 Å². The molecule has 1 N–H and O–H groups in total. The first-order valence-electron chi connectivity index (χ1n) is 10.6. The van der Waals surface area contributed by atoms with Gasteiger partial charge in [0.05, 0.1) is 0 Å². The number of likely N-dealkylation sites (tertiary alicyclic amines) is 1. The van der Waals surface area contributed by atoms with E-state index in [2.05, 4.69) is 53.4 Å². The molecule has 4 rings (SSSR count). The molecule has 150 valence electrons. The van der Waals surface area contributed by atoms with Crippen molar-refractivity contribution < 1.29 is 9.84 Å². The van der Waals surface area contributed by atoms with E-state index in [1.807, 2.05) is 30.3 Å². The molecule has 0 radical (unpaired) electrons. The summed E-state index contributed by atoms with van der Waals surface area (Å²) in [4.78, 5) is 2.44. The van der Waals surface area contributed by atoms with Gasteiger partial charge in [0.15, 0.2) is 0 Å². The van der Waals surface area contributed by atoms with E-state index >= 15 is 0 Å². The van der Waals surface area contributed by atoms with Gasteiger partial charge in [-0.2, -0.15) is 0 Å². The molecule has 0 aliphatic carbocycles. The summed E-state index contributed by atoms with van der Waals surface area (Å²) in [6, 6.07) is 28.6. The van der Waals surface area contributed by atoms with Crippen molar-refractivity contribution in [2.24, 2.45) is 0 Å². The fourth-order valence-electron chi connectivity index (χ4n) is 4.12. The van der Waals surface area contributed by atoms with E-state index in [0.29, 0.717) is 5.75 Å². The molecule has 1 heterocycles. The number of rotatable bonds is 7. The minimum absolute atomic E-state index is 0.0758. The first-order valence-corrected chi connectivity index (χ1v) is 10.6. The summed E-state index contributed by atoms with van der Waals surface area (Å²) < 4.78 is 6.76. The lowest BCUT2D eigenvalue weighted by Crippen LogP contribution is -2.43. The fraction of sp³-hybridized carbons (Fsp3) is 0.308. The fourth-order valence-corrected chi connectivity index (χ4v) is 4.12. The van der Waals surface area contributed by atoms with Gasteiger partial charge in [0.2, 0.25) is 0 Å². The average Bonchev–Trinajstić information content (AvgIpc) is 2.79. The van der Waals surface area contributed by atoms with Crippen LogP contribution in [0.25, 0.3) is 0 Å². The van der Waals surface area contributed by atoms with Gasteiger partial charge in [-0.15, -0.1) is 0 Å². The summed E-state index contributed by atoms with van der Waals surface area (Å²) in [6.45, 7) is 1.92. The molecular formula is C26H29NO2. The van der Waals surface area contributed by atoms with Gasteiger partial charge < -0.3 is 9.84 Å². The van der Waals surface area contributed by atoms with Gasteiger partial charge in [0, 0.05) is 13.1 Å². The number of benzene rings is 3. The quantitative estimate of drug-likeness (QED) is 0.577. The van der Waals surface area contributed by atoms with E-state index in [-0.39, 0.29) is 12.3 Å². The number of phenolic OH excluding ortho intramolecular Hbond substituents is 1. The van der Waals surface area contributed by atoms with Crippen molar-refractivity contribution >= 4 is 0 Å². The SMILES string of the molecule is Oc1ccccc1CCN1CCCCC1OC(c1ccccc1)c1ccccc1. The standard InChI is InChI=1S/C26H29NO2/c28-24-16-8-7-11-21(24)18-20-27-19-10-9-17-25(27)29-26(22-12-3-1-4-13-22)23-14-5-2-6-15-23/h1-8,11-16,25-26,28H,9-10,17-20H2. The number of aromatic hydroxyl groups is 1. The van der Waals surface area contributed by atoms with E-state index in [4.69, 9.17) is 4.74 Å². The van der Waals surface area contributed by atoms with Gasteiger partial charge in [-0.1, -0.05) is 78.9 Å². The first kappa shape index (κ1) is 19.7. The second-order valence-electron chi connectivity index (χ2n) is 7.70. The van der Waals surface area contributed by atoms with Gasteiger partial charge in [0.1, 0.15) is 18.1 Å². The van der Waals surface area contributed by atoms with Crippen molar-refractivity contribution in [2.45, 2.75) is 38.0 Å². The Morgan fingerprint density at radius 2 is 1.45 bits per heavy atom. The monoisotopic (exact) mass is 387 g/mol.